The van der Waals surface area contributed by atoms with Crippen molar-refractivity contribution in [2.24, 2.45) is 0 Å². The Balaban J connectivity index is 2.35. The van der Waals surface area contributed by atoms with E-state index in [0.717, 1.165) is 11.3 Å². The van der Waals surface area contributed by atoms with Crippen molar-refractivity contribution in [3.8, 4) is 11.3 Å². The quantitative estimate of drug-likeness (QED) is 0.632. The van der Waals surface area contributed by atoms with Gasteiger partial charge in [0.05, 0.1) is 5.69 Å². The van der Waals surface area contributed by atoms with Gasteiger partial charge in [0, 0.05) is 11.6 Å². The van der Waals surface area contributed by atoms with Crippen LogP contribution in [0.5, 0.6) is 0 Å². The number of fused-ring (bicyclic) bond motifs is 1. The van der Waals surface area contributed by atoms with Gasteiger partial charge < -0.3 is 4.52 Å². The fourth-order valence-electron chi connectivity index (χ4n) is 1.88. The van der Waals surface area contributed by atoms with Crippen LogP contribution in [0.15, 0.2) is 53.1 Å². The number of hydrogen-bond acceptors (Lipinski definition) is 2. The van der Waals surface area contributed by atoms with E-state index in [1.807, 2.05) is 24.3 Å². The van der Waals surface area contributed by atoms with Crippen molar-refractivity contribution in [3.63, 3.8) is 0 Å². The van der Waals surface area contributed by atoms with Gasteiger partial charge in [-0.2, -0.15) is 0 Å². The molecule has 3 rings (SSSR count). The second-order valence-corrected chi connectivity index (χ2v) is 4.01. The number of H-pyrrole nitrogens is 1. The van der Waals surface area contributed by atoms with Crippen molar-refractivity contribution in [2.45, 2.75) is 0 Å². The molecule has 1 heterocycles. The molecule has 0 saturated carbocycles. The Morgan fingerprint density at radius 3 is 2.62 bits per heavy atom. The molecule has 0 aliphatic carbocycles. The van der Waals surface area contributed by atoms with Crippen molar-refractivity contribution in [3.05, 3.63) is 53.2 Å². The summed E-state index contributed by atoms with van der Waals surface area (Å²) in [6, 6.07) is 16.2. The lowest BCUT2D eigenvalue weighted by Gasteiger charge is -2.02. The number of rotatable bonds is 1. The maximum atomic E-state index is 5.06. The Kier molecular flexibility index (Phi) is 2.11. The van der Waals surface area contributed by atoms with Crippen LogP contribution in [-0.4, -0.2) is 5.16 Å². The molecule has 3 aromatic rings. The second-order valence-electron chi connectivity index (χ2n) is 3.61. The predicted octanol–water partition coefficient (Wildman–Crippen LogP) is 4.16. The van der Waals surface area contributed by atoms with Gasteiger partial charge in [-0.05, 0) is 23.0 Å². The van der Waals surface area contributed by atoms with Crippen molar-refractivity contribution in [1.29, 1.82) is 0 Å². The summed E-state index contributed by atoms with van der Waals surface area (Å²) >= 11 is 4.96. The lowest BCUT2D eigenvalue weighted by atomic mass is 10.0. The highest BCUT2D eigenvalue weighted by atomic mass is 32.1. The maximum absolute atomic E-state index is 5.06. The zero-order valence-electron chi connectivity index (χ0n) is 8.44. The van der Waals surface area contributed by atoms with E-state index in [-0.39, 0.29) is 0 Å². The van der Waals surface area contributed by atoms with Crippen molar-refractivity contribution < 1.29 is 4.52 Å². The molecule has 78 valence electrons. The van der Waals surface area contributed by atoms with E-state index in [0.29, 0.717) is 4.71 Å². The molecule has 3 heteroatoms. The highest BCUT2D eigenvalue weighted by molar-refractivity contribution is 7.71. The van der Waals surface area contributed by atoms with Gasteiger partial charge >= 0.3 is 0 Å². The van der Waals surface area contributed by atoms with Crippen LogP contribution in [-0.2, 0) is 0 Å². The molecule has 0 atom stereocenters. The third kappa shape index (κ3) is 1.46. The fraction of sp³-hybridized carbons (Fsp3) is 0. The van der Waals surface area contributed by atoms with Crippen LogP contribution >= 0.6 is 12.2 Å². The summed E-state index contributed by atoms with van der Waals surface area (Å²) in [5.41, 5.74) is 2.03. The molecule has 1 aromatic heterocycles. The first-order valence-electron chi connectivity index (χ1n) is 5.01. The van der Waals surface area contributed by atoms with E-state index in [9.17, 15) is 0 Å². The molecule has 0 bridgehead atoms. The topological polar surface area (TPSA) is 28.9 Å². The van der Waals surface area contributed by atoms with Crippen molar-refractivity contribution in [2.75, 3.05) is 0 Å². The van der Waals surface area contributed by atoms with Gasteiger partial charge in [-0.15, -0.1) is 0 Å². The Morgan fingerprint density at radius 1 is 1.00 bits per heavy atom. The molecule has 0 radical (unpaired) electrons. The van der Waals surface area contributed by atoms with Crippen LogP contribution in [0.1, 0.15) is 0 Å². The number of nitrogens with one attached hydrogen (secondary N) is 1. The van der Waals surface area contributed by atoms with Crippen LogP contribution in [0.3, 0.4) is 0 Å². The van der Waals surface area contributed by atoms with Crippen LogP contribution in [0, 0.1) is 4.71 Å². The summed E-state index contributed by atoms with van der Waals surface area (Å²) in [5.74, 6) is 0. The molecular formula is C13H9NOS. The van der Waals surface area contributed by atoms with Crippen LogP contribution in [0.25, 0.3) is 22.0 Å². The van der Waals surface area contributed by atoms with E-state index in [1.54, 1.807) is 0 Å². The Morgan fingerprint density at radius 2 is 1.81 bits per heavy atom. The second kappa shape index (κ2) is 3.61. The first-order chi connectivity index (χ1) is 7.84. The first-order valence-corrected chi connectivity index (χ1v) is 5.42. The fourth-order valence-corrected chi connectivity index (χ4v) is 2.03. The van der Waals surface area contributed by atoms with Gasteiger partial charge in [0.25, 0.3) is 0 Å². The van der Waals surface area contributed by atoms with E-state index < -0.39 is 0 Å². The summed E-state index contributed by atoms with van der Waals surface area (Å²) in [4.78, 5) is 0. The number of aromatic amines is 1. The third-order valence-electron chi connectivity index (χ3n) is 2.60. The minimum absolute atomic E-state index is 0.475. The van der Waals surface area contributed by atoms with Gasteiger partial charge in [-0.3, -0.25) is 0 Å². The number of hydrogen-bond donors (Lipinski definition) is 1. The summed E-state index contributed by atoms with van der Waals surface area (Å²) in [5, 5.41) is 5.24. The number of aromatic nitrogens is 1. The van der Waals surface area contributed by atoms with Crippen LogP contribution in [0.4, 0.5) is 0 Å². The van der Waals surface area contributed by atoms with Crippen LogP contribution in [0.2, 0.25) is 0 Å². The van der Waals surface area contributed by atoms with Gasteiger partial charge in [0.15, 0.2) is 0 Å². The molecule has 0 unspecified atom stereocenters. The molecular weight excluding hydrogens is 218 g/mol. The highest BCUT2D eigenvalue weighted by Gasteiger charge is 2.04. The van der Waals surface area contributed by atoms with Gasteiger partial charge in [-0.1, -0.05) is 42.5 Å². The third-order valence-corrected chi connectivity index (χ3v) is 2.80. The largest absolute Gasteiger partial charge is 0.370 e. The summed E-state index contributed by atoms with van der Waals surface area (Å²) < 4.78 is 5.53. The minimum Gasteiger partial charge on any atom is -0.370 e. The molecule has 2 aromatic carbocycles. The SMILES string of the molecule is S=c1cc(-c2cccc3ccccc23)[nH]o1. The van der Waals surface area contributed by atoms with Crippen molar-refractivity contribution >= 4 is 23.0 Å². The summed E-state index contributed by atoms with van der Waals surface area (Å²) in [7, 11) is 0. The molecule has 0 aliphatic rings. The standard InChI is InChI=1S/C13H9NOS/c16-13-8-12(14-15-13)11-7-3-5-9-4-1-2-6-10(9)11/h1-8,14H. The molecule has 2 nitrogen and oxygen atoms in total. The minimum atomic E-state index is 0.475. The van der Waals surface area contributed by atoms with Crippen LogP contribution < -0.4 is 0 Å². The van der Waals surface area contributed by atoms with Gasteiger partial charge in [0.2, 0.25) is 4.71 Å². The Labute approximate surface area is 97.5 Å². The molecule has 16 heavy (non-hydrogen) atoms. The Hall–Kier alpha value is -1.87. The van der Waals surface area contributed by atoms with Gasteiger partial charge in [0.1, 0.15) is 0 Å². The van der Waals surface area contributed by atoms with Gasteiger partial charge in [-0.25, -0.2) is 5.16 Å². The molecule has 0 aliphatic heterocycles. The van der Waals surface area contributed by atoms with E-state index in [2.05, 4.69) is 29.4 Å². The summed E-state index contributed by atoms with van der Waals surface area (Å²) in [6.07, 6.45) is 0. The van der Waals surface area contributed by atoms with E-state index in [1.165, 1.54) is 10.8 Å². The zero-order valence-corrected chi connectivity index (χ0v) is 9.25. The smallest absolute Gasteiger partial charge is 0.220 e. The average molecular weight is 227 g/mol. The molecule has 0 spiro atoms. The van der Waals surface area contributed by atoms with Crippen molar-refractivity contribution in [1.82, 2.24) is 5.16 Å². The highest BCUT2D eigenvalue weighted by Crippen LogP contribution is 2.27. The average Bonchev–Trinajstić information content (AvgIpc) is 2.75. The molecule has 1 N–H and O–H groups in total. The Bertz CT molecular complexity index is 691. The first kappa shape index (κ1) is 9.36. The number of benzene rings is 2. The monoisotopic (exact) mass is 227 g/mol. The normalized spacial score (nSPS) is 10.8. The lowest BCUT2D eigenvalue weighted by Crippen LogP contribution is -1.80. The maximum Gasteiger partial charge on any atom is 0.220 e. The van der Waals surface area contributed by atoms with E-state index in [4.69, 9.17) is 16.7 Å². The lowest BCUT2D eigenvalue weighted by molar-refractivity contribution is 0.410. The summed E-state index contributed by atoms with van der Waals surface area (Å²) in [6.45, 7) is 0. The predicted molar refractivity (Wildman–Crippen MR) is 66.8 cm³/mol. The molecule has 0 fully saturated rings. The molecule has 0 saturated heterocycles. The molecule has 0 amide bonds. The van der Waals surface area contributed by atoms with E-state index >= 15 is 0 Å². The zero-order chi connectivity index (χ0) is 11.0.